The molecular weight excluding hydrogens is 344 g/mol. The number of H-pyrrole nitrogens is 1. The number of rotatable bonds is 7. The van der Waals surface area contributed by atoms with Crippen molar-refractivity contribution in [2.75, 3.05) is 6.61 Å². The van der Waals surface area contributed by atoms with Gasteiger partial charge in [0, 0.05) is 6.07 Å². The molecule has 2 aromatic heterocycles. The van der Waals surface area contributed by atoms with Crippen molar-refractivity contribution < 1.29 is 14.1 Å². The predicted octanol–water partition coefficient (Wildman–Crippen LogP) is 2.08. The van der Waals surface area contributed by atoms with Crippen molar-refractivity contribution in [2.24, 2.45) is 0 Å². The summed E-state index contributed by atoms with van der Waals surface area (Å²) >= 11 is 1.31. The first-order valence-electron chi connectivity index (χ1n) is 7.62. The number of aromatic nitrogens is 4. The molecule has 130 valence electrons. The summed E-state index contributed by atoms with van der Waals surface area (Å²) in [7, 11) is 0. The second kappa shape index (κ2) is 7.84. The van der Waals surface area contributed by atoms with Gasteiger partial charge in [0.05, 0.1) is 18.9 Å². The number of nitrogens with one attached hydrogen (secondary N) is 1. The van der Waals surface area contributed by atoms with E-state index in [1.54, 1.807) is 11.5 Å². The average molecular weight is 360 g/mol. The lowest BCUT2D eigenvalue weighted by Crippen LogP contribution is -2.18. The van der Waals surface area contributed by atoms with Crippen molar-refractivity contribution in [1.29, 1.82) is 0 Å². The number of ether oxygens (including phenoxy) is 1. The molecule has 0 aliphatic heterocycles. The zero-order valence-corrected chi connectivity index (χ0v) is 14.3. The molecule has 8 nitrogen and oxygen atoms in total. The van der Waals surface area contributed by atoms with Gasteiger partial charge in [-0.15, -0.1) is 5.10 Å². The normalized spacial score (nSPS) is 10.8. The Bertz CT molecular complexity index is 900. The minimum Gasteiger partial charge on any atom is -0.461 e. The average Bonchev–Trinajstić information content (AvgIpc) is 3.22. The highest BCUT2D eigenvalue weighted by molar-refractivity contribution is 7.98. The zero-order valence-electron chi connectivity index (χ0n) is 13.5. The van der Waals surface area contributed by atoms with Crippen LogP contribution in [0.4, 0.5) is 0 Å². The van der Waals surface area contributed by atoms with Crippen LogP contribution in [0.15, 0.2) is 50.9 Å². The van der Waals surface area contributed by atoms with E-state index < -0.39 is 5.97 Å². The number of hydrogen-bond acceptors (Lipinski definition) is 7. The lowest BCUT2D eigenvalue weighted by molar-refractivity contribution is 0.0514. The van der Waals surface area contributed by atoms with Gasteiger partial charge in [0.15, 0.2) is 10.9 Å². The minimum absolute atomic E-state index is 0.126. The fourth-order valence-corrected chi connectivity index (χ4v) is 2.96. The summed E-state index contributed by atoms with van der Waals surface area (Å²) in [5.74, 6) is 0.351. The fraction of sp³-hybridized carbons (Fsp3) is 0.250. The van der Waals surface area contributed by atoms with Crippen LogP contribution in [-0.4, -0.2) is 32.5 Å². The first kappa shape index (κ1) is 17.0. The summed E-state index contributed by atoms with van der Waals surface area (Å²) in [6, 6.07) is 11.2. The largest absolute Gasteiger partial charge is 0.461 e. The van der Waals surface area contributed by atoms with Crippen LogP contribution in [0.1, 0.15) is 28.7 Å². The third kappa shape index (κ3) is 4.18. The van der Waals surface area contributed by atoms with Gasteiger partial charge in [-0.05, 0) is 12.5 Å². The highest BCUT2D eigenvalue weighted by Gasteiger charge is 2.15. The summed E-state index contributed by atoms with van der Waals surface area (Å²) in [6.07, 6.45) is 0. The van der Waals surface area contributed by atoms with Crippen LogP contribution in [0.5, 0.6) is 0 Å². The van der Waals surface area contributed by atoms with E-state index in [2.05, 4.69) is 15.4 Å². The first-order valence-corrected chi connectivity index (χ1v) is 8.60. The molecule has 0 atom stereocenters. The van der Waals surface area contributed by atoms with Crippen LogP contribution >= 0.6 is 11.8 Å². The van der Waals surface area contributed by atoms with Gasteiger partial charge in [-0.2, -0.15) is 0 Å². The maximum atomic E-state index is 12.0. The quantitative estimate of drug-likeness (QED) is 0.508. The number of thioether (sulfide) groups is 1. The van der Waals surface area contributed by atoms with E-state index in [-0.39, 0.29) is 18.0 Å². The molecule has 3 rings (SSSR count). The van der Waals surface area contributed by atoms with Gasteiger partial charge in [0.1, 0.15) is 5.76 Å². The van der Waals surface area contributed by atoms with Gasteiger partial charge in [0.25, 0.3) is 0 Å². The van der Waals surface area contributed by atoms with E-state index in [4.69, 9.17) is 9.26 Å². The van der Waals surface area contributed by atoms with Crippen LogP contribution in [0.2, 0.25) is 0 Å². The van der Waals surface area contributed by atoms with Gasteiger partial charge in [-0.1, -0.05) is 47.3 Å². The highest BCUT2D eigenvalue weighted by Crippen LogP contribution is 2.21. The maximum absolute atomic E-state index is 12.0. The molecular formula is C16H16N4O4S. The van der Waals surface area contributed by atoms with Gasteiger partial charge in [-0.25, -0.2) is 14.7 Å². The smallest absolute Gasteiger partial charge is 0.360 e. The molecule has 9 heteroatoms. The zero-order chi connectivity index (χ0) is 17.6. The van der Waals surface area contributed by atoms with Gasteiger partial charge < -0.3 is 9.26 Å². The molecule has 0 amide bonds. The van der Waals surface area contributed by atoms with E-state index >= 15 is 0 Å². The number of carbonyl (C=O) groups excluding carboxylic acids is 1. The highest BCUT2D eigenvalue weighted by atomic mass is 32.2. The van der Waals surface area contributed by atoms with Crippen LogP contribution < -0.4 is 5.69 Å². The van der Waals surface area contributed by atoms with E-state index in [1.807, 2.05) is 30.3 Å². The molecule has 0 aliphatic rings. The Hall–Kier alpha value is -2.81. The SMILES string of the molecule is CCOC(=O)c1cc(CSc2n[nH]c(=O)n2Cc2ccccc2)on1. The molecule has 0 saturated carbocycles. The monoisotopic (exact) mass is 360 g/mol. The van der Waals surface area contributed by atoms with Crippen molar-refractivity contribution in [1.82, 2.24) is 19.9 Å². The molecule has 0 fully saturated rings. The molecule has 25 heavy (non-hydrogen) atoms. The molecule has 3 aromatic rings. The minimum atomic E-state index is -0.525. The standard InChI is InChI=1S/C16H16N4O4S/c1-2-23-14(21)13-8-12(24-19-13)10-25-16-18-17-15(22)20(16)9-11-6-4-3-5-7-11/h3-8H,2,9-10H2,1H3,(H,17,22). The molecule has 2 heterocycles. The molecule has 0 unspecified atom stereocenters. The summed E-state index contributed by atoms with van der Waals surface area (Å²) in [5, 5.41) is 10.7. The molecule has 1 aromatic carbocycles. The van der Waals surface area contributed by atoms with Gasteiger partial charge >= 0.3 is 11.7 Å². The topological polar surface area (TPSA) is 103 Å². The van der Waals surface area contributed by atoms with Gasteiger partial charge in [0.2, 0.25) is 0 Å². The third-order valence-corrected chi connectivity index (χ3v) is 4.29. The van der Waals surface area contributed by atoms with Crippen LogP contribution in [0.3, 0.4) is 0 Å². The fourth-order valence-electron chi connectivity index (χ4n) is 2.14. The number of benzene rings is 1. The number of carbonyl (C=O) groups is 1. The van der Waals surface area contributed by atoms with E-state index in [0.717, 1.165) is 5.56 Å². The Morgan fingerprint density at radius 2 is 2.16 bits per heavy atom. The Morgan fingerprint density at radius 3 is 2.92 bits per heavy atom. The molecule has 0 aliphatic carbocycles. The molecule has 0 spiro atoms. The Labute approximate surface area is 147 Å². The Balaban J connectivity index is 1.68. The maximum Gasteiger partial charge on any atom is 0.360 e. The number of aromatic amines is 1. The predicted molar refractivity (Wildman–Crippen MR) is 90.4 cm³/mol. The Kier molecular flexibility index (Phi) is 5.34. The molecule has 1 N–H and O–H groups in total. The van der Waals surface area contributed by atoms with E-state index in [1.165, 1.54) is 17.8 Å². The van der Waals surface area contributed by atoms with Crippen LogP contribution in [0, 0.1) is 0 Å². The third-order valence-electron chi connectivity index (χ3n) is 3.29. The summed E-state index contributed by atoms with van der Waals surface area (Å²) < 4.78 is 11.5. The number of nitrogens with zero attached hydrogens (tertiary/aromatic N) is 3. The second-order valence-electron chi connectivity index (χ2n) is 5.07. The van der Waals surface area contributed by atoms with Crippen molar-refractivity contribution in [2.45, 2.75) is 24.4 Å². The lowest BCUT2D eigenvalue weighted by Gasteiger charge is -2.04. The van der Waals surface area contributed by atoms with Crippen molar-refractivity contribution in [3.05, 3.63) is 63.9 Å². The molecule has 0 radical (unpaired) electrons. The number of hydrogen-bond donors (Lipinski definition) is 1. The Morgan fingerprint density at radius 1 is 1.36 bits per heavy atom. The summed E-state index contributed by atoms with van der Waals surface area (Å²) in [6.45, 7) is 2.41. The first-order chi connectivity index (χ1) is 12.2. The van der Waals surface area contributed by atoms with Crippen molar-refractivity contribution in [3.8, 4) is 0 Å². The van der Waals surface area contributed by atoms with Crippen LogP contribution in [0.25, 0.3) is 0 Å². The van der Waals surface area contributed by atoms with Gasteiger partial charge in [-0.3, -0.25) is 4.57 Å². The van der Waals surface area contributed by atoms with E-state index in [0.29, 0.717) is 23.2 Å². The van der Waals surface area contributed by atoms with Crippen molar-refractivity contribution in [3.63, 3.8) is 0 Å². The molecule has 0 bridgehead atoms. The van der Waals surface area contributed by atoms with Crippen LogP contribution in [-0.2, 0) is 17.0 Å². The summed E-state index contributed by atoms with van der Waals surface area (Å²) in [5.41, 5.74) is 0.842. The second-order valence-corrected chi connectivity index (χ2v) is 6.01. The van der Waals surface area contributed by atoms with E-state index in [9.17, 15) is 9.59 Å². The number of esters is 1. The van der Waals surface area contributed by atoms with Crippen molar-refractivity contribution >= 4 is 17.7 Å². The molecule has 0 saturated heterocycles. The summed E-state index contributed by atoms with van der Waals surface area (Å²) in [4.78, 5) is 23.5. The lowest BCUT2D eigenvalue weighted by atomic mass is 10.2.